The lowest BCUT2D eigenvalue weighted by atomic mass is 10.1. The number of pyridine rings is 1. The standard InChI is InChI=1S/C12H14ClN3O2.2ClH/c13-9-5-14-2-1-8(9)12(17)16-3-4-18-11-7-15-6-10(11)16;;/h1-2,5,10-11,15H,3-4,6-7H2;2*1H/t10-,11+;;/m1../s1. The minimum atomic E-state index is -0.0376. The Labute approximate surface area is 134 Å². The summed E-state index contributed by atoms with van der Waals surface area (Å²) >= 11 is 6.02. The zero-order valence-electron chi connectivity index (χ0n) is 10.6. The molecular formula is C12H16Cl3N3O2. The Kier molecular flexibility index (Phi) is 6.48. The molecule has 2 aliphatic heterocycles. The van der Waals surface area contributed by atoms with E-state index in [2.05, 4.69) is 10.3 Å². The van der Waals surface area contributed by atoms with Crippen LogP contribution in [0.3, 0.4) is 0 Å². The average molecular weight is 341 g/mol. The van der Waals surface area contributed by atoms with Crippen molar-refractivity contribution in [1.29, 1.82) is 0 Å². The Bertz CT molecular complexity index is 475. The second kappa shape index (κ2) is 7.43. The maximum atomic E-state index is 12.5. The highest BCUT2D eigenvalue weighted by Crippen LogP contribution is 2.22. The fraction of sp³-hybridized carbons (Fsp3) is 0.500. The van der Waals surface area contributed by atoms with Gasteiger partial charge >= 0.3 is 0 Å². The molecule has 0 aliphatic carbocycles. The third kappa shape index (κ3) is 3.18. The Balaban J connectivity index is 0.000001000. The van der Waals surface area contributed by atoms with Crippen LogP contribution in [0.5, 0.6) is 0 Å². The molecule has 3 rings (SSSR count). The number of aromatic nitrogens is 1. The minimum Gasteiger partial charge on any atom is -0.373 e. The second-order valence-electron chi connectivity index (χ2n) is 4.49. The highest BCUT2D eigenvalue weighted by atomic mass is 35.5. The maximum absolute atomic E-state index is 12.5. The highest BCUT2D eigenvalue weighted by molar-refractivity contribution is 6.33. The zero-order chi connectivity index (χ0) is 12.5. The van der Waals surface area contributed by atoms with Gasteiger partial charge in [0, 0.05) is 32.0 Å². The van der Waals surface area contributed by atoms with Crippen molar-refractivity contribution in [3.8, 4) is 0 Å². The van der Waals surface area contributed by atoms with E-state index >= 15 is 0 Å². The van der Waals surface area contributed by atoms with Crippen LogP contribution >= 0.6 is 36.4 Å². The summed E-state index contributed by atoms with van der Waals surface area (Å²) < 4.78 is 5.65. The molecule has 1 amide bonds. The first-order chi connectivity index (χ1) is 8.77. The molecule has 1 aromatic rings. The van der Waals surface area contributed by atoms with Crippen LogP contribution in [-0.4, -0.2) is 54.2 Å². The molecule has 0 unspecified atom stereocenters. The summed E-state index contributed by atoms with van der Waals surface area (Å²) in [5.41, 5.74) is 0.513. The minimum absolute atomic E-state index is 0. The fourth-order valence-electron chi connectivity index (χ4n) is 2.55. The Morgan fingerprint density at radius 1 is 1.45 bits per heavy atom. The molecule has 0 spiro atoms. The molecule has 5 nitrogen and oxygen atoms in total. The molecule has 1 aromatic heterocycles. The van der Waals surface area contributed by atoms with E-state index in [-0.39, 0.29) is 42.9 Å². The average Bonchev–Trinajstić information content (AvgIpc) is 2.86. The van der Waals surface area contributed by atoms with Gasteiger partial charge in [-0.3, -0.25) is 9.78 Å². The van der Waals surface area contributed by atoms with Crippen molar-refractivity contribution < 1.29 is 9.53 Å². The van der Waals surface area contributed by atoms with E-state index in [0.29, 0.717) is 23.7 Å². The lowest BCUT2D eigenvalue weighted by Crippen LogP contribution is -2.53. The van der Waals surface area contributed by atoms with E-state index in [4.69, 9.17) is 16.3 Å². The molecule has 8 heteroatoms. The molecule has 0 aromatic carbocycles. The molecule has 2 atom stereocenters. The summed E-state index contributed by atoms with van der Waals surface area (Å²) in [6.45, 7) is 2.77. The molecule has 3 heterocycles. The molecule has 2 fully saturated rings. The number of morpholine rings is 1. The van der Waals surface area contributed by atoms with Gasteiger partial charge < -0.3 is 15.0 Å². The molecule has 0 saturated carbocycles. The molecule has 2 aliphatic rings. The number of carbonyl (C=O) groups is 1. The molecule has 20 heavy (non-hydrogen) atoms. The molecule has 0 radical (unpaired) electrons. The van der Waals surface area contributed by atoms with Crippen molar-refractivity contribution in [2.45, 2.75) is 12.1 Å². The van der Waals surface area contributed by atoms with Crippen LogP contribution in [-0.2, 0) is 4.74 Å². The largest absolute Gasteiger partial charge is 0.373 e. The van der Waals surface area contributed by atoms with E-state index < -0.39 is 0 Å². The van der Waals surface area contributed by atoms with Crippen LogP contribution in [0.25, 0.3) is 0 Å². The highest BCUT2D eigenvalue weighted by Gasteiger charge is 2.38. The van der Waals surface area contributed by atoms with Gasteiger partial charge in [-0.2, -0.15) is 0 Å². The van der Waals surface area contributed by atoms with E-state index in [9.17, 15) is 4.79 Å². The van der Waals surface area contributed by atoms with Crippen LogP contribution in [0.4, 0.5) is 0 Å². The summed E-state index contributed by atoms with van der Waals surface area (Å²) in [5.74, 6) is -0.0376. The van der Waals surface area contributed by atoms with Crippen molar-refractivity contribution in [2.75, 3.05) is 26.2 Å². The predicted octanol–water partition coefficient (Wildman–Crippen LogP) is 1.39. The number of rotatable bonds is 1. The first-order valence-corrected chi connectivity index (χ1v) is 6.38. The van der Waals surface area contributed by atoms with Gasteiger partial charge in [-0.05, 0) is 6.07 Å². The van der Waals surface area contributed by atoms with Crippen molar-refractivity contribution >= 4 is 42.3 Å². The monoisotopic (exact) mass is 339 g/mol. The number of amides is 1. The van der Waals surface area contributed by atoms with Crippen LogP contribution < -0.4 is 5.32 Å². The molecule has 1 N–H and O–H groups in total. The zero-order valence-corrected chi connectivity index (χ0v) is 13.0. The summed E-state index contributed by atoms with van der Waals surface area (Å²) in [6.07, 6.45) is 3.19. The Morgan fingerprint density at radius 3 is 3.00 bits per heavy atom. The number of hydrogen-bond acceptors (Lipinski definition) is 4. The van der Waals surface area contributed by atoms with Gasteiger partial charge in [-0.1, -0.05) is 11.6 Å². The number of nitrogens with zero attached hydrogens (tertiary/aromatic N) is 2. The van der Waals surface area contributed by atoms with Gasteiger partial charge in [-0.25, -0.2) is 0 Å². The number of halogens is 3. The van der Waals surface area contributed by atoms with E-state index in [1.54, 1.807) is 12.3 Å². The molecule has 0 bridgehead atoms. The maximum Gasteiger partial charge on any atom is 0.255 e. The van der Waals surface area contributed by atoms with E-state index in [1.165, 1.54) is 6.20 Å². The quantitative estimate of drug-likeness (QED) is 0.839. The van der Waals surface area contributed by atoms with Crippen molar-refractivity contribution in [1.82, 2.24) is 15.2 Å². The van der Waals surface area contributed by atoms with E-state index in [1.807, 2.05) is 4.90 Å². The summed E-state index contributed by atoms with van der Waals surface area (Å²) in [6, 6.07) is 1.77. The first kappa shape index (κ1) is 17.5. The summed E-state index contributed by atoms with van der Waals surface area (Å²) in [4.78, 5) is 18.2. The lowest BCUT2D eigenvalue weighted by Gasteiger charge is -2.37. The molecule has 112 valence electrons. The van der Waals surface area contributed by atoms with Gasteiger partial charge in [0.2, 0.25) is 0 Å². The van der Waals surface area contributed by atoms with Gasteiger partial charge in [-0.15, -0.1) is 24.8 Å². The first-order valence-electron chi connectivity index (χ1n) is 6.00. The Morgan fingerprint density at radius 2 is 2.25 bits per heavy atom. The normalized spacial score (nSPS) is 24.4. The van der Waals surface area contributed by atoms with E-state index in [0.717, 1.165) is 13.1 Å². The summed E-state index contributed by atoms with van der Waals surface area (Å²) in [5, 5.41) is 3.65. The van der Waals surface area contributed by atoms with Gasteiger partial charge in [0.25, 0.3) is 5.91 Å². The number of fused-ring (bicyclic) bond motifs is 1. The van der Waals surface area contributed by atoms with Crippen molar-refractivity contribution in [3.63, 3.8) is 0 Å². The number of nitrogens with one attached hydrogen (secondary N) is 1. The Hall–Kier alpha value is -0.590. The van der Waals surface area contributed by atoms with Gasteiger partial charge in [0.1, 0.15) is 0 Å². The molecular weight excluding hydrogens is 325 g/mol. The van der Waals surface area contributed by atoms with Crippen molar-refractivity contribution in [2.24, 2.45) is 0 Å². The molecule has 2 saturated heterocycles. The number of ether oxygens (including phenoxy) is 1. The third-order valence-corrected chi connectivity index (χ3v) is 3.76. The SMILES string of the molecule is Cl.Cl.O=C(c1ccncc1Cl)N1CCO[C@H]2CNC[C@H]21. The second-order valence-corrected chi connectivity index (χ2v) is 4.90. The smallest absolute Gasteiger partial charge is 0.255 e. The summed E-state index contributed by atoms with van der Waals surface area (Å²) in [7, 11) is 0. The van der Waals surface area contributed by atoms with Crippen molar-refractivity contribution in [3.05, 3.63) is 29.0 Å². The number of hydrogen-bond donors (Lipinski definition) is 1. The van der Waals surface area contributed by atoms with Gasteiger partial charge in [0.05, 0.1) is 29.3 Å². The van der Waals surface area contributed by atoms with Crippen LogP contribution in [0.1, 0.15) is 10.4 Å². The third-order valence-electron chi connectivity index (χ3n) is 3.46. The fourth-order valence-corrected chi connectivity index (χ4v) is 2.75. The topological polar surface area (TPSA) is 54.5 Å². The predicted molar refractivity (Wildman–Crippen MR) is 81.2 cm³/mol. The lowest BCUT2D eigenvalue weighted by molar-refractivity contribution is -0.0364. The van der Waals surface area contributed by atoms with Crippen LogP contribution in [0.2, 0.25) is 5.02 Å². The van der Waals surface area contributed by atoms with Crippen LogP contribution in [0.15, 0.2) is 18.5 Å². The van der Waals surface area contributed by atoms with Gasteiger partial charge in [0.15, 0.2) is 0 Å². The number of carbonyl (C=O) groups excluding carboxylic acids is 1. The van der Waals surface area contributed by atoms with Crippen LogP contribution in [0, 0.1) is 0 Å².